The number of rotatable bonds is 5. The molecule has 3 N–H and O–H groups in total. The fourth-order valence-electron chi connectivity index (χ4n) is 2.44. The van der Waals surface area contributed by atoms with Crippen molar-refractivity contribution >= 4 is 44.9 Å². The highest BCUT2D eigenvalue weighted by Crippen LogP contribution is 2.21. The van der Waals surface area contributed by atoms with Gasteiger partial charge in [-0.2, -0.15) is 5.10 Å². The summed E-state index contributed by atoms with van der Waals surface area (Å²) in [4.78, 5) is 28.5. The number of carbonyl (C=O) groups is 2. The molecule has 0 unspecified atom stereocenters. The van der Waals surface area contributed by atoms with Gasteiger partial charge in [0.2, 0.25) is 5.91 Å². The standard InChI is InChI=1S/C17H13N5O3S/c23-14(20-12-4-1-3-10-8-18-22-15(10)12)7-11-9-26-17(19-11)21-16(24)13-5-2-6-25-13/h1-6,8-9H,7H2,(H,18,22)(H,20,23)(H,19,21,24). The number of H-pyrrole nitrogens is 1. The minimum atomic E-state index is -0.383. The molecule has 2 amide bonds. The predicted octanol–water partition coefficient (Wildman–Crippen LogP) is 3.05. The summed E-state index contributed by atoms with van der Waals surface area (Å²) in [5.74, 6) is -0.389. The van der Waals surface area contributed by atoms with Gasteiger partial charge in [0.05, 0.1) is 35.8 Å². The van der Waals surface area contributed by atoms with E-state index in [1.165, 1.54) is 17.6 Å². The lowest BCUT2D eigenvalue weighted by Gasteiger charge is -2.05. The molecule has 4 aromatic rings. The zero-order valence-corrected chi connectivity index (χ0v) is 14.2. The molecule has 0 saturated carbocycles. The molecule has 3 aromatic heterocycles. The fraction of sp³-hybridized carbons (Fsp3) is 0.0588. The van der Waals surface area contributed by atoms with E-state index in [0.29, 0.717) is 16.5 Å². The van der Waals surface area contributed by atoms with Crippen LogP contribution in [0.5, 0.6) is 0 Å². The third kappa shape index (κ3) is 3.33. The van der Waals surface area contributed by atoms with Gasteiger partial charge < -0.3 is 9.73 Å². The second-order valence-corrected chi connectivity index (χ2v) is 6.30. The molecule has 0 fully saturated rings. The Balaban J connectivity index is 1.40. The molecular formula is C17H13N5O3S. The van der Waals surface area contributed by atoms with Crippen molar-refractivity contribution in [1.82, 2.24) is 15.2 Å². The van der Waals surface area contributed by atoms with Gasteiger partial charge in [0, 0.05) is 10.8 Å². The van der Waals surface area contributed by atoms with Crippen LogP contribution in [0, 0.1) is 0 Å². The number of aromatic nitrogens is 3. The number of carbonyl (C=O) groups excluding carboxylic acids is 2. The highest BCUT2D eigenvalue weighted by molar-refractivity contribution is 7.14. The minimum Gasteiger partial charge on any atom is -0.459 e. The Labute approximate surface area is 151 Å². The van der Waals surface area contributed by atoms with E-state index in [0.717, 1.165) is 10.9 Å². The zero-order chi connectivity index (χ0) is 17.9. The number of benzene rings is 1. The number of anilines is 2. The summed E-state index contributed by atoms with van der Waals surface area (Å²) >= 11 is 1.25. The number of amides is 2. The van der Waals surface area contributed by atoms with Crippen molar-refractivity contribution in [2.45, 2.75) is 6.42 Å². The molecule has 4 rings (SSSR count). The largest absolute Gasteiger partial charge is 0.459 e. The molecule has 130 valence electrons. The van der Waals surface area contributed by atoms with E-state index in [1.807, 2.05) is 12.1 Å². The number of hydrogen-bond donors (Lipinski definition) is 3. The van der Waals surface area contributed by atoms with Crippen molar-refractivity contribution in [1.29, 1.82) is 0 Å². The van der Waals surface area contributed by atoms with Crippen LogP contribution in [0.15, 0.2) is 52.6 Å². The van der Waals surface area contributed by atoms with E-state index < -0.39 is 0 Å². The average Bonchev–Trinajstić information content (AvgIpc) is 3.36. The minimum absolute atomic E-state index is 0.0949. The van der Waals surface area contributed by atoms with E-state index in [9.17, 15) is 9.59 Å². The summed E-state index contributed by atoms with van der Waals surface area (Å²) in [5.41, 5.74) is 2.00. The SMILES string of the molecule is O=C(Cc1csc(NC(=O)c2ccco2)n1)Nc1cccc2cn[nH]c12. The topological polar surface area (TPSA) is 113 Å². The lowest BCUT2D eigenvalue weighted by Crippen LogP contribution is -2.15. The van der Waals surface area contributed by atoms with Crippen molar-refractivity contribution in [3.8, 4) is 0 Å². The first-order valence-corrected chi connectivity index (χ1v) is 8.58. The molecule has 0 aliphatic heterocycles. The molecule has 0 radical (unpaired) electrons. The summed E-state index contributed by atoms with van der Waals surface area (Å²) < 4.78 is 5.03. The number of thiazole rings is 1. The molecule has 0 atom stereocenters. The number of nitrogens with one attached hydrogen (secondary N) is 3. The van der Waals surface area contributed by atoms with Crippen LogP contribution >= 0.6 is 11.3 Å². The molecule has 8 nitrogen and oxygen atoms in total. The Morgan fingerprint density at radius 3 is 2.96 bits per heavy atom. The molecule has 0 saturated heterocycles. The number of furan rings is 1. The molecule has 3 heterocycles. The van der Waals surface area contributed by atoms with Crippen LogP contribution in [-0.4, -0.2) is 27.0 Å². The Morgan fingerprint density at radius 2 is 2.12 bits per heavy atom. The van der Waals surface area contributed by atoms with Crippen LogP contribution in [0.4, 0.5) is 10.8 Å². The smallest absolute Gasteiger partial charge is 0.293 e. The molecule has 0 aliphatic carbocycles. The van der Waals surface area contributed by atoms with Crippen molar-refractivity contribution in [2.75, 3.05) is 10.6 Å². The van der Waals surface area contributed by atoms with Gasteiger partial charge in [-0.25, -0.2) is 4.98 Å². The van der Waals surface area contributed by atoms with Crippen LogP contribution in [0.1, 0.15) is 16.2 Å². The lowest BCUT2D eigenvalue weighted by molar-refractivity contribution is -0.115. The van der Waals surface area contributed by atoms with E-state index in [1.54, 1.807) is 29.8 Å². The van der Waals surface area contributed by atoms with E-state index in [-0.39, 0.29) is 24.0 Å². The van der Waals surface area contributed by atoms with Crippen LogP contribution in [-0.2, 0) is 11.2 Å². The Kier molecular flexibility index (Phi) is 4.20. The monoisotopic (exact) mass is 367 g/mol. The normalized spacial score (nSPS) is 10.8. The van der Waals surface area contributed by atoms with E-state index in [2.05, 4.69) is 25.8 Å². The Bertz CT molecular complexity index is 1070. The number of aromatic amines is 1. The number of fused-ring (bicyclic) bond motifs is 1. The number of hydrogen-bond acceptors (Lipinski definition) is 6. The van der Waals surface area contributed by atoms with Crippen molar-refractivity contribution < 1.29 is 14.0 Å². The number of para-hydroxylation sites is 1. The van der Waals surface area contributed by atoms with Gasteiger partial charge in [-0.05, 0) is 18.2 Å². The van der Waals surface area contributed by atoms with Crippen LogP contribution < -0.4 is 10.6 Å². The summed E-state index contributed by atoms with van der Waals surface area (Å²) in [7, 11) is 0. The van der Waals surface area contributed by atoms with Gasteiger partial charge in [0.15, 0.2) is 10.9 Å². The second-order valence-electron chi connectivity index (χ2n) is 5.44. The first-order valence-electron chi connectivity index (χ1n) is 7.70. The quantitative estimate of drug-likeness (QED) is 0.502. The summed E-state index contributed by atoms with van der Waals surface area (Å²) in [6.07, 6.45) is 3.21. The van der Waals surface area contributed by atoms with E-state index >= 15 is 0 Å². The van der Waals surface area contributed by atoms with Gasteiger partial charge in [-0.15, -0.1) is 11.3 Å². The maximum Gasteiger partial charge on any atom is 0.293 e. The van der Waals surface area contributed by atoms with Gasteiger partial charge in [-0.3, -0.25) is 20.0 Å². The average molecular weight is 367 g/mol. The Morgan fingerprint density at radius 1 is 1.19 bits per heavy atom. The molecular weight excluding hydrogens is 354 g/mol. The van der Waals surface area contributed by atoms with Gasteiger partial charge in [-0.1, -0.05) is 12.1 Å². The fourth-order valence-corrected chi connectivity index (χ4v) is 3.15. The molecule has 9 heteroatoms. The van der Waals surface area contributed by atoms with Crippen LogP contribution in [0.3, 0.4) is 0 Å². The van der Waals surface area contributed by atoms with Crippen LogP contribution in [0.2, 0.25) is 0 Å². The lowest BCUT2D eigenvalue weighted by atomic mass is 10.2. The van der Waals surface area contributed by atoms with Gasteiger partial charge in [0.1, 0.15) is 0 Å². The third-order valence-electron chi connectivity index (χ3n) is 3.61. The first-order chi connectivity index (χ1) is 12.7. The van der Waals surface area contributed by atoms with E-state index in [4.69, 9.17) is 4.42 Å². The van der Waals surface area contributed by atoms with Gasteiger partial charge >= 0.3 is 0 Å². The Hall–Kier alpha value is -3.46. The summed E-state index contributed by atoms with van der Waals surface area (Å²) in [6, 6.07) is 8.75. The van der Waals surface area contributed by atoms with Gasteiger partial charge in [0.25, 0.3) is 5.91 Å². The molecule has 0 bridgehead atoms. The maximum absolute atomic E-state index is 12.3. The second kappa shape index (κ2) is 6.81. The molecule has 0 aliphatic rings. The maximum atomic E-state index is 12.3. The third-order valence-corrected chi connectivity index (χ3v) is 4.42. The van der Waals surface area contributed by atoms with Crippen LogP contribution in [0.25, 0.3) is 10.9 Å². The molecule has 1 aromatic carbocycles. The molecule has 0 spiro atoms. The first kappa shape index (κ1) is 16.0. The zero-order valence-electron chi connectivity index (χ0n) is 13.4. The van der Waals surface area contributed by atoms with Crippen molar-refractivity contribution in [2.24, 2.45) is 0 Å². The highest BCUT2D eigenvalue weighted by atomic mass is 32.1. The van der Waals surface area contributed by atoms with Crippen molar-refractivity contribution in [3.63, 3.8) is 0 Å². The number of nitrogens with zero attached hydrogens (tertiary/aromatic N) is 2. The summed E-state index contributed by atoms with van der Waals surface area (Å²) in [5, 5.41) is 15.4. The molecule has 26 heavy (non-hydrogen) atoms. The highest BCUT2D eigenvalue weighted by Gasteiger charge is 2.13. The summed E-state index contributed by atoms with van der Waals surface area (Å²) in [6.45, 7) is 0. The van der Waals surface area contributed by atoms with Crippen molar-refractivity contribution in [3.05, 3.63) is 59.6 Å². The predicted molar refractivity (Wildman–Crippen MR) is 97.2 cm³/mol.